The van der Waals surface area contributed by atoms with E-state index in [9.17, 15) is 0 Å². The van der Waals surface area contributed by atoms with E-state index in [1.165, 1.54) is 54.5 Å². The summed E-state index contributed by atoms with van der Waals surface area (Å²) in [4.78, 5) is 0. The molecule has 0 saturated carbocycles. The second-order valence-corrected chi connectivity index (χ2v) is 35.8. The number of allylic oxidation sites excluding steroid dienone is 4. The summed E-state index contributed by atoms with van der Waals surface area (Å²) >= 11 is -4.99. The normalized spacial score (nSPS) is 14.4. The molecule has 3 heteroatoms. The summed E-state index contributed by atoms with van der Waals surface area (Å²) < 4.78 is 11.8. The van der Waals surface area contributed by atoms with Crippen LogP contribution in [0.3, 0.4) is 0 Å². The molecule has 4 aromatic rings. The molecule has 0 fully saturated rings. The van der Waals surface area contributed by atoms with Gasteiger partial charge in [-0.3, -0.25) is 0 Å². The van der Waals surface area contributed by atoms with Gasteiger partial charge in [0, 0.05) is 0 Å². The van der Waals surface area contributed by atoms with Crippen LogP contribution in [0.25, 0.3) is 11.1 Å². The third kappa shape index (κ3) is 6.16. The van der Waals surface area contributed by atoms with Crippen molar-refractivity contribution in [3.05, 3.63) is 134 Å². The molecule has 0 atom stereocenters. The molecule has 6 rings (SSSR count). The molecular weight excluding hydrogens is 790 g/mol. The Morgan fingerprint density at radius 2 is 1.12 bits per heavy atom. The van der Waals surface area contributed by atoms with Crippen molar-refractivity contribution in [3.8, 4) is 11.1 Å². The van der Waals surface area contributed by atoms with Crippen LogP contribution in [0.1, 0.15) is 121 Å². The van der Waals surface area contributed by atoms with Crippen molar-refractivity contribution in [2.24, 2.45) is 0 Å². The molecule has 4 aromatic carbocycles. The second kappa shape index (κ2) is 13.4. The summed E-state index contributed by atoms with van der Waals surface area (Å²) in [5, 5.41) is 0. The zero-order valence-corrected chi connectivity index (χ0v) is 36.1. The fourth-order valence-electron chi connectivity index (χ4n) is 8.02. The van der Waals surface area contributed by atoms with Crippen LogP contribution in [-0.2, 0) is 35.3 Å². The minimum absolute atomic E-state index is 0. The van der Waals surface area contributed by atoms with E-state index in [0.29, 0.717) is 11.8 Å². The van der Waals surface area contributed by atoms with Gasteiger partial charge in [0.15, 0.2) is 0 Å². The van der Waals surface area contributed by atoms with Crippen molar-refractivity contribution in [3.63, 3.8) is 0 Å². The van der Waals surface area contributed by atoms with Crippen molar-refractivity contribution in [1.29, 1.82) is 0 Å². The van der Waals surface area contributed by atoms with Crippen LogP contribution in [-0.4, -0.2) is 4.26 Å². The van der Waals surface area contributed by atoms with Gasteiger partial charge in [0.2, 0.25) is 0 Å². The van der Waals surface area contributed by atoms with Crippen LogP contribution >= 0.6 is 24.8 Å². The first-order valence-corrected chi connectivity index (χ1v) is 27.2. The van der Waals surface area contributed by atoms with Gasteiger partial charge in [-0.25, -0.2) is 0 Å². The fraction of sp³-hybridized carbons (Fsp3) is 0.356. The molecule has 0 nitrogen and oxygen atoms in total. The number of fused-ring (bicyclic) bond motifs is 3. The average molecular weight is 846 g/mol. The number of rotatable bonds is 6. The molecule has 0 spiro atoms. The van der Waals surface area contributed by atoms with Gasteiger partial charge >= 0.3 is 282 Å². The summed E-state index contributed by atoms with van der Waals surface area (Å²) in [7, 11) is 0. The molecule has 48 heavy (non-hydrogen) atoms. The Balaban J connectivity index is 0.00000260. The van der Waals surface area contributed by atoms with E-state index in [-0.39, 0.29) is 35.6 Å². The van der Waals surface area contributed by atoms with E-state index in [1.807, 2.05) is 0 Å². The summed E-state index contributed by atoms with van der Waals surface area (Å²) in [6.45, 7) is 23.3. The molecule has 0 N–H and O–H groups in total. The standard InChI is InChI=1S/C21H25.2C9H11.C5H5.CH2.2ClH.Hf/c1-20(2,3)16-9-7-14-11-15-8-10-17(21(4,5)6)13-19(15)18(14)12-16;2*1-8(2)9-6-4-3-5-7-9;1-2-4-5-3-1;;;;/h7,9-10,12-13H,11H2,1-6H3;2*4-8H,1-2H3;1-3H,4H2;1H2;2*1H;. The first-order valence-electron chi connectivity index (χ1n) is 17.5. The molecule has 0 heterocycles. The topological polar surface area (TPSA) is 0 Å². The third-order valence-corrected chi connectivity index (χ3v) is 35.1. The van der Waals surface area contributed by atoms with Crippen LogP contribution in [0, 0.1) is 0 Å². The number of halogens is 2. The Hall–Kier alpha value is -2.32. The summed E-state index contributed by atoms with van der Waals surface area (Å²) in [5.41, 5.74) is 11.5. The van der Waals surface area contributed by atoms with E-state index < -0.39 is 18.0 Å². The molecule has 2 aliphatic rings. The first kappa shape index (κ1) is 38.5. The molecule has 2 aliphatic carbocycles. The minimum atomic E-state index is -4.99. The fourth-order valence-corrected chi connectivity index (χ4v) is 30.4. The van der Waals surface area contributed by atoms with Crippen molar-refractivity contribution in [1.82, 2.24) is 0 Å². The number of benzene rings is 4. The number of hydrogen-bond donors (Lipinski definition) is 0. The van der Waals surface area contributed by atoms with E-state index in [2.05, 4.69) is 166 Å². The molecule has 0 saturated heterocycles. The summed E-state index contributed by atoms with van der Waals surface area (Å²) in [6, 6.07) is 31.9. The molecular formula is C45H56Cl2Hf. The van der Waals surface area contributed by atoms with Gasteiger partial charge in [-0.15, -0.1) is 24.8 Å². The van der Waals surface area contributed by atoms with Crippen molar-refractivity contribution in [2.45, 2.75) is 105 Å². The van der Waals surface area contributed by atoms with Crippen LogP contribution in [0.2, 0.25) is 0 Å². The molecule has 0 aliphatic heterocycles. The molecule has 0 aromatic heterocycles. The Morgan fingerprint density at radius 1 is 0.625 bits per heavy atom. The van der Waals surface area contributed by atoms with Gasteiger partial charge in [-0.2, -0.15) is 0 Å². The molecule has 0 amide bonds. The van der Waals surface area contributed by atoms with Gasteiger partial charge in [-0.05, 0) is 0 Å². The maximum absolute atomic E-state index is 5.77. The quantitative estimate of drug-likeness (QED) is 0.149. The Bertz CT molecular complexity index is 1880. The van der Waals surface area contributed by atoms with Gasteiger partial charge in [0.05, 0.1) is 0 Å². The van der Waals surface area contributed by atoms with Crippen molar-refractivity contribution >= 4 is 39.0 Å². The molecule has 0 unspecified atom stereocenters. The SMILES string of the molecule is Cl.Cl.[CH2]=[Hf]([C]1=CC=CC1)([c]1ccc(C(C)C)cc1)([c]1ccc(C(C)C)cc1)[c]1cc(C(C)(C)C)cc2c1Cc1ccc(C(C)(C)C)cc1-2. The van der Waals surface area contributed by atoms with Crippen LogP contribution in [0.4, 0.5) is 0 Å². The van der Waals surface area contributed by atoms with Gasteiger partial charge in [-0.1, -0.05) is 0 Å². The number of hydrogen-bond acceptors (Lipinski definition) is 0. The molecule has 254 valence electrons. The zero-order valence-electron chi connectivity index (χ0n) is 30.8. The third-order valence-electron chi connectivity index (χ3n) is 11.3. The van der Waals surface area contributed by atoms with Crippen LogP contribution < -0.4 is 9.96 Å². The van der Waals surface area contributed by atoms with Gasteiger partial charge < -0.3 is 0 Å². The van der Waals surface area contributed by atoms with Crippen molar-refractivity contribution < 1.29 is 18.0 Å². The Labute approximate surface area is 304 Å². The summed E-state index contributed by atoms with van der Waals surface area (Å²) in [6.07, 6.45) is 9.03. The monoisotopic (exact) mass is 846 g/mol. The van der Waals surface area contributed by atoms with Gasteiger partial charge in [0.1, 0.15) is 0 Å². The van der Waals surface area contributed by atoms with E-state index >= 15 is 0 Å². The predicted octanol–water partition coefficient (Wildman–Crippen LogP) is 11.2. The second-order valence-electron chi connectivity index (χ2n) is 16.9. The average Bonchev–Trinajstić information content (AvgIpc) is 3.68. The van der Waals surface area contributed by atoms with Gasteiger partial charge in [0.25, 0.3) is 0 Å². The zero-order chi connectivity index (χ0) is 33.3. The van der Waals surface area contributed by atoms with Crippen LogP contribution in [0.15, 0.2) is 100 Å². The maximum atomic E-state index is 5.77. The Kier molecular flexibility index (Phi) is 10.8. The molecule has 0 radical (unpaired) electrons. The van der Waals surface area contributed by atoms with E-state index in [4.69, 9.17) is 4.26 Å². The summed E-state index contributed by atoms with van der Waals surface area (Å²) in [5.74, 6) is 0.969. The van der Waals surface area contributed by atoms with Crippen LogP contribution in [0.5, 0.6) is 0 Å². The Morgan fingerprint density at radius 3 is 1.56 bits per heavy atom. The first-order chi connectivity index (χ1) is 21.5. The molecule has 0 bridgehead atoms. The predicted molar refractivity (Wildman–Crippen MR) is 216 cm³/mol. The van der Waals surface area contributed by atoms with E-state index in [0.717, 1.165) is 12.8 Å². The van der Waals surface area contributed by atoms with Crippen molar-refractivity contribution in [2.75, 3.05) is 0 Å². The van der Waals surface area contributed by atoms with E-state index in [1.54, 1.807) is 3.33 Å².